The van der Waals surface area contributed by atoms with Gasteiger partial charge in [-0.25, -0.2) is 0 Å². The number of methoxy groups -OCH3 is 3. The molecular weight excluding hydrogens is 350 g/mol. The van der Waals surface area contributed by atoms with Crippen LogP contribution in [0.25, 0.3) is 16.2 Å². The highest BCUT2D eigenvalue weighted by atomic mass is 32.1. The Morgan fingerprint density at radius 1 is 1.00 bits per heavy atom. The van der Waals surface area contributed by atoms with Gasteiger partial charge in [0.2, 0.25) is 5.75 Å². The Hall–Kier alpha value is -2.99. The van der Waals surface area contributed by atoms with E-state index in [-0.39, 0.29) is 0 Å². The number of hydrogen-bond donors (Lipinski definition) is 1. The van der Waals surface area contributed by atoms with Gasteiger partial charge in [0.25, 0.3) is 0 Å². The molecule has 0 atom stereocenters. The van der Waals surface area contributed by atoms with Gasteiger partial charge in [-0.3, -0.25) is 0 Å². The molecule has 3 aromatic rings. The van der Waals surface area contributed by atoms with Crippen LogP contribution in [-0.2, 0) is 0 Å². The van der Waals surface area contributed by atoms with Crippen LogP contribution >= 0.6 is 11.3 Å². The smallest absolute Gasteiger partial charge is 0.203 e. The second kappa shape index (κ2) is 7.93. The summed E-state index contributed by atoms with van der Waals surface area (Å²) in [5, 5.41) is 14.1. The summed E-state index contributed by atoms with van der Waals surface area (Å²) in [6, 6.07) is 13.8. The molecule has 0 aliphatic rings. The van der Waals surface area contributed by atoms with E-state index in [0.717, 1.165) is 4.88 Å². The number of nitrogens with zero attached hydrogens (tertiary/aromatic N) is 1. The first-order chi connectivity index (χ1) is 12.7. The summed E-state index contributed by atoms with van der Waals surface area (Å²) in [6.07, 6.45) is 3.67. The summed E-state index contributed by atoms with van der Waals surface area (Å²) in [7, 11) is 4.64. The molecule has 26 heavy (non-hydrogen) atoms. The highest BCUT2D eigenvalue weighted by molar-refractivity contribution is 7.19. The summed E-state index contributed by atoms with van der Waals surface area (Å²) in [5.41, 5.74) is 1.04. The molecule has 0 saturated heterocycles. The van der Waals surface area contributed by atoms with Crippen molar-refractivity contribution in [3.05, 3.63) is 59.0 Å². The Morgan fingerprint density at radius 3 is 2.27 bits per heavy atom. The van der Waals surface area contributed by atoms with E-state index in [1.807, 2.05) is 18.2 Å². The molecule has 3 rings (SSSR count). The number of thiophene rings is 1. The fourth-order valence-corrected chi connectivity index (χ4v) is 3.63. The first-order valence-corrected chi connectivity index (χ1v) is 8.71. The third-order valence-corrected chi connectivity index (χ3v) is 5.00. The molecule has 0 unspecified atom stereocenters. The van der Waals surface area contributed by atoms with E-state index in [9.17, 15) is 5.21 Å². The molecule has 0 fully saturated rings. The Labute approximate surface area is 155 Å². The number of allylic oxidation sites excluding steroid dienone is 1. The Kier molecular flexibility index (Phi) is 5.43. The summed E-state index contributed by atoms with van der Waals surface area (Å²) in [4.78, 5) is 1.07. The number of oxime groups is 1. The van der Waals surface area contributed by atoms with E-state index < -0.39 is 0 Å². The van der Waals surface area contributed by atoms with Gasteiger partial charge < -0.3 is 19.4 Å². The lowest BCUT2D eigenvalue weighted by molar-refractivity contribution is 0.319. The van der Waals surface area contributed by atoms with Crippen LogP contribution in [0.4, 0.5) is 0 Å². The van der Waals surface area contributed by atoms with Crippen LogP contribution < -0.4 is 14.2 Å². The molecule has 134 valence electrons. The van der Waals surface area contributed by atoms with Gasteiger partial charge in [0.15, 0.2) is 11.5 Å². The zero-order chi connectivity index (χ0) is 18.5. The lowest BCUT2D eigenvalue weighted by Gasteiger charge is -2.13. The van der Waals surface area contributed by atoms with Gasteiger partial charge in [-0.1, -0.05) is 23.4 Å². The molecule has 0 amide bonds. The van der Waals surface area contributed by atoms with Crippen LogP contribution in [0.1, 0.15) is 10.4 Å². The standard InChI is InChI=1S/C20H19NO4S/c1-23-17-11-14(12-18(24-2)20(17)25-3)16(21-22)9-8-15-10-13-6-4-5-7-19(13)26-15/h4-12,22H,1-3H3/b9-8+,21-16+. The van der Waals surface area contributed by atoms with E-state index in [1.54, 1.807) is 50.9 Å². The maximum Gasteiger partial charge on any atom is 0.203 e. The van der Waals surface area contributed by atoms with Gasteiger partial charge in [-0.15, -0.1) is 11.3 Å². The maximum absolute atomic E-state index is 9.48. The quantitative estimate of drug-likeness (QED) is 0.384. The minimum atomic E-state index is 0.390. The molecule has 0 saturated carbocycles. The summed E-state index contributed by atoms with van der Waals surface area (Å²) < 4.78 is 17.2. The molecule has 0 bridgehead atoms. The van der Waals surface area contributed by atoms with Crippen molar-refractivity contribution < 1.29 is 19.4 Å². The fourth-order valence-electron chi connectivity index (χ4n) is 2.66. The summed E-state index contributed by atoms with van der Waals surface area (Å²) >= 11 is 1.67. The van der Waals surface area contributed by atoms with Crippen molar-refractivity contribution in [3.63, 3.8) is 0 Å². The van der Waals surface area contributed by atoms with Crippen LogP contribution in [0.15, 0.2) is 53.7 Å². The van der Waals surface area contributed by atoms with Gasteiger partial charge >= 0.3 is 0 Å². The Balaban J connectivity index is 1.96. The zero-order valence-corrected chi connectivity index (χ0v) is 15.5. The molecule has 0 spiro atoms. The number of ether oxygens (including phenoxy) is 3. The van der Waals surface area contributed by atoms with Gasteiger partial charge in [0.05, 0.1) is 21.3 Å². The second-order valence-corrected chi connectivity index (χ2v) is 6.53. The molecule has 1 heterocycles. The van der Waals surface area contributed by atoms with E-state index in [4.69, 9.17) is 14.2 Å². The summed E-state index contributed by atoms with van der Waals surface area (Å²) in [6.45, 7) is 0. The van der Waals surface area contributed by atoms with Crippen molar-refractivity contribution in [2.45, 2.75) is 0 Å². The predicted octanol–water partition coefficient (Wildman–Crippen LogP) is 4.82. The van der Waals surface area contributed by atoms with Crippen LogP contribution in [0.2, 0.25) is 0 Å². The Morgan fingerprint density at radius 2 is 1.69 bits per heavy atom. The van der Waals surface area contributed by atoms with E-state index >= 15 is 0 Å². The highest BCUT2D eigenvalue weighted by Crippen LogP contribution is 2.38. The molecule has 6 heteroatoms. The van der Waals surface area contributed by atoms with Crippen LogP contribution in [0.5, 0.6) is 17.2 Å². The fraction of sp³-hybridized carbons (Fsp3) is 0.150. The third-order valence-electron chi connectivity index (χ3n) is 3.92. The third kappa shape index (κ3) is 3.50. The van der Waals surface area contributed by atoms with E-state index in [0.29, 0.717) is 28.5 Å². The molecule has 0 aliphatic heterocycles. The minimum absolute atomic E-state index is 0.390. The molecular formula is C20H19NO4S. The number of rotatable bonds is 6. The largest absolute Gasteiger partial charge is 0.493 e. The lowest BCUT2D eigenvalue weighted by Crippen LogP contribution is -2.01. The van der Waals surface area contributed by atoms with Crippen molar-refractivity contribution >= 4 is 33.2 Å². The maximum atomic E-state index is 9.48. The first kappa shape index (κ1) is 17.8. The zero-order valence-electron chi connectivity index (χ0n) is 14.7. The van der Waals surface area contributed by atoms with E-state index in [1.165, 1.54) is 10.1 Å². The normalized spacial score (nSPS) is 11.9. The predicted molar refractivity (Wildman–Crippen MR) is 105 cm³/mol. The van der Waals surface area contributed by atoms with Crippen LogP contribution in [-0.4, -0.2) is 32.2 Å². The SMILES string of the molecule is COc1cc(C(/C=C/c2cc3ccccc3s2)=N/O)cc(OC)c1OC. The van der Waals surface area contributed by atoms with Gasteiger partial charge in [-0.05, 0) is 41.8 Å². The van der Waals surface area contributed by atoms with Crippen LogP contribution in [0.3, 0.4) is 0 Å². The molecule has 0 aliphatic carbocycles. The second-order valence-electron chi connectivity index (χ2n) is 5.42. The van der Waals surface area contributed by atoms with Crippen molar-refractivity contribution in [1.29, 1.82) is 0 Å². The molecule has 1 aromatic heterocycles. The van der Waals surface area contributed by atoms with Crippen molar-refractivity contribution in [1.82, 2.24) is 0 Å². The Bertz CT molecular complexity index is 917. The molecule has 1 N–H and O–H groups in total. The minimum Gasteiger partial charge on any atom is -0.493 e. The van der Waals surface area contributed by atoms with Crippen LogP contribution in [0, 0.1) is 0 Å². The van der Waals surface area contributed by atoms with E-state index in [2.05, 4.69) is 23.4 Å². The number of fused-ring (bicyclic) bond motifs is 1. The summed E-state index contributed by atoms with van der Waals surface area (Å²) in [5.74, 6) is 1.49. The topological polar surface area (TPSA) is 60.3 Å². The van der Waals surface area contributed by atoms with Crippen molar-refractivity contribution in [2.24, 2.45) is 5.16 Å². The van der Waals surface area contributed by atoms with Gasteiger partial charge in [0, 0.05) is 15.1 Å². The lowest BCUT2D eigenvalue weighted by atomic mass is 10.1. The average molecular weight is 369 g/mol. The first-order valence-electron chi connectivity index (χ1n) is 7.89. The van der Waals surface area contributed by atoms with Crippen molar-refractivity contribution in [2.75, 3.05) is 21.3 Å². The molecule has 5 nitrogen and oxygen atoms in total. The average Bonchev–Trinajstić information content (AvgIpc) is 3.10. The van der Waals surface area contributed by atoms with Gasteiger partial charge in [0.1, 0.15) is 5.71 Å². The molecule has 2 aromatic carbocycles. The number of hydrogen-bond acceptors (Lipinski definition) is 6. The van der Waals surface area contributed by atoms with Gasteiger partial charge in [-0.2, -0.15) is 0 Å². The molecule has 0 radical (unpaired) electrons. The van der Waals surface area contributed by atoms with Crippen molar-refractivity contribution in [3.8, 4) is 17.2 Å². The monoisotopic (exact) mass is 369 g/mol. The number of benzene rings is 2. The highest BCUT2D eigenvalue weighted by Gasteiger charge is 2.15.